The van der Waals surface area contributed by atoms with E-state index in [0.717, 1.165) is 25.6 Å². The minimum Gasteiger partial charge on any atom is -0.351 e. The van der Waals surface area contributed by atoms with E-state index in [1.165, 1.54) is 38.5 Å². The Labute approximate surface area is 122 Å². The maximum absolute atomic E-state index is 11.8. The molecule has 0 aromatic carbocycles. The standard InChI is InChI=1S/C14H25N3O.ClH/c18-14-10-17(9-11-5-7-15-8-6-11)13-4-2-1-3-12(13)16-14;/h11-13,15H,1-10H2,(H,16,18);1H. The summed E-state index contributed by atoms with van der Waals surface area (Å²) in [6.45, 7) is 4.07. The maximum atomic E-state index is 11.8. The van der Waals surface area contributed by atoms with Gasteiger partial charge in [-0.1, -0.05) is 12.8 Å². The van der Waals surface area contributed by atoms with Crippen LogP contribution >= 0.6 is 12.4 Å². The second kappa shape index (κ2) is 6.91. The Morgan fingerprint density at radius 2 is 1.84 bits per heavy atom. The summed E-state index contributed by atoms with van der Waals surface area (Å²) in [7, 11) is 0. The molecular weight excluding hydrogens is 262 g/mol. The normalized spacial score (nSPS) is 33.2. The number of piperazine rings is 1. The van der Waals surface area contributed by atoms with Gasteiger partial charge in [-0.05, 0) is 44.7 Å². The molecule has 2 unspecified atom stereocenters. The molecular formula is C14H26ClN3O. The van der Waals surface area contributed by atoms with Crippen LogP contribution in [0.3, 0.4) is 0 Å². The number of amides is 1. The molecule has 0 spiro atoms. The van der Waals surface area contributed by atoms with Crippen LogP contribution in [0.1, 0.15) is 38.5 Å². The summed E-state index contributed by atoms with van der Waals surface area (Å²) in [6, 6.07) is 1.05. The first-order chi connectivity index (χ1) is 8.83. The zero-order chi connectivity index (χ0) is 12.4. The number of rotatable bonds is 2. The SMILES string of the molecule is Cl.O=C1CN(CC2CCNCC2)C2CCCCC2N1. The predicted molar refractivity (Wildman–Crippen MR) is 78.6 cm³/mol. The highest BCUT2D eigenvalue weighted by atomic mass is 35.5. The van der Waals surface area contributed by atoms with Gasteiger partial charge in [-0.15, -0.1) is 12.4 Å². The Morgan fingerprint density at radius 1 is 1.11 bits per heavy atom. The molecule has 2 heterocycles. The van der Waals surface area contributed by atoms with Crippen molar-refractivity contribution in [3.63, 3.8) is 0 Å². The van der Waals surface area contributed by atoms with Crippen molar-refractivity contribution in [1.29, 1.82) is 0 Å². The lowest BCUT2D eigenvalue weighted by molar-refractivity contribution is -0.128. The molecule has 2 atom stereocenters. The topological polar surface area (TPSA) is 44.4 Å². The minimum atomic E-state index is 0. The van der Waals surface area contributed by atoms with Crippen LogP contribution in [0.4, 0.5) is 0 Å². The van der Waals surface area contributed by atoms with Gasteiger partial charge in [-0.25, -0.2) is 0 Å². The largest absolute Gasteiger partial charge is 0.351 e. The highest BCUT2D eigenvalue weighted by molar-refractivity contribution is 5.85. The van der Waals surface area contributed by atoms with Crippen LogP contribution in [0.25, 0.3) is 0 Å². The molecule has 2 N–H and O–H groups in total. The molecule has 1 aliphatic carbocycles. The van der Waals surface area contributed by atoms with Crippen LogP contribution in [0, 0.1) is 5.92 Å². The van der Waals surface area contributed by atoms with Crippen LogP contribution in [0.15, 0.2) is 0 Å². The van der Waals surface area contributed by atoms with Crippen LogP contribution in [0.2, 0.25) is 0 Å². The Kier molecular flexibility index (Phi) is 5.48. The average Bonchev–Trinajstić information content (AvgIpc) is 2.40. The fourth-order valence-electron chi connectivity index (χ4n) is 3.87. The molecule has 2 aliphatic heterocycles. The van der Waals surface area contributed by atoms with Crippen molar-refractivity contribution in [2.24, 2.45) is 5.92 Å². The first-order valence-electron chi connectivity index (χ1n) is 7.57. The zero-order valence-corrected chi connectivity index (χ0v) is 12.4. The van der Waals surface area contributed by atoms with Gasteiger partial charge in [-0.2, -0.15) is 0 Å². The van der Waals surface area contributed by atoms with Gasteiger partial charge in [-0.3, -0.25) is 9.69 Å². The average molecular weight is 288 g/mol. The summed E-state index contributed by atoms with van der Waals surface area (Å²) >= 11 is 0. The molecule has 1 saturated carbocycles. The van der Waals surface area contributed by atoms with E-state index in [4.69, 9.17) is 0 Å². The third-order valence-corrected chi connectivity index (χ3v) is 4.84. The number of carbonyl (C=O) groups excluding carboxylic acids is 1. The van der Waals surface area contributed by atoms with E-state index in [1.807, 2.05) is 0 Å². The van der Waals surface area contributed by atoms with Crippen molar-refractivity contribution in [2.75, 3.05) is 26.2 Å². The number of hydrogen-bond donors (Lipinski definition) is 2. The molecule has 2 saturated heterocycles. The van der Waals surface area contributed by atoms with Crippen molar-refractivity contribution in [1.82, 2.24) is 15.5 Å². The Bertz CT molecular complexity index is 307. The fourth-order valence-corrected chi connectivity index (χ4v) is 3.87. The first kappa shape index (κ1) is 15.1. The predicted octanol–water partition coefficient (Wildman–Crippen LogP) is 1.15. The minimum absolute atomic E-state index is 0. The molecule has 3 rings (SSSR count). The van der Waals surface area contributed by atoms with Gasteiger partial charge in [0.15, 0.2) is 0 Å². The summed E-state index contributed by atoms with van der Waals surface area (Å²) in [6.07, 6.45) is 7.61. The van der Waals surface area contributed by atoms with E-state index in [2.05, 4.69) is 15.5 Å². The van der Waals surface area contributed by atoms with Crippen molar-refractivity contribution >= 4 is 18.3 Å². The molecule has 1 amide bonds. The van der Waals surface area contributed by atoms with Gasteiger partial charge in [0.2, 0.25) is 5.91 Å². The Hall–Kier alpha value is -0.320. The fraction of sp³-hybridized carbons (Fsp3) is 0.929. The van der Waals surface area contributed by atoms with Gasteiger partial charge in [0.25, 0.3) is 0 Å². The number of fused-ring (bicyclic) bond motifs is 1. The van der Waals surface area contributed by atoms with E-state index in [-0.39, 0.29) is 18.3 Å². The summed E-state index contributed by atoms with van der Waals surface area (Å²) in [4.78, 5) is 14.3. The lowest BCUT2D eigenvalue weighted by Crippen LogP contribution is -2.62. The van der Waals surface area contributed by atoms with E-state index in [0.29, 0.717) is 18.6 Å². The van der Waals surface area contributed by atoms with E-state index < -0.39 is 0 Å². The number of nitrogens with zero attached hydrogens (tertiary/aromatic N) is 1. The molecule has 0 aromatic heterocycles. The molecule has 19 heavy (non-hydrogen) atoms. The van der Waals surface area contributed by atoms with Crippen LogP contribution in [0.5, 0.6) is 0 Å². The Balaban J connectivity index is 0.00000133. The van der Waals surface area contributed by atoms with E-state index in [9.17, 15) is 4.79 Å². The summed E-state index contributed by atoms with van der Waals surface area (Å²) < 4.78 is 0. The number of carbonyl (C=O) groups is 1. The third kappa shape index (κ3) is 3.61. The van der Waals surface area contributed by atoms with Crippen molar-refractivity contribution in [3.05, 3.63) is 0 Å². The monoisotopic (exact) mass is 287 g/mol. The van der Waals surface area contributed by atoms with Crippen LogP contribution in [-0.2, 0) is 4.79 Å². The van der Waals surface area contributed by atoms with E-state index in [1.54, 1.807) is 0 Å². The lowest BCUT2D eigenvalue weighted by atomic mass is 9.86. The summed E-state index contributed by atoms with van der Waals surface area (Å²) in [5, 5.41) is 6.61. The zero-order valence-electron chi connectivity index (χ0n) is 11.6. The van der Waals surface area contributed by atoms with Crippen molar-refractivity contribution < 1.29 is 4.79 Å². The highest BCUT2D eigenvalue weighted by Gasteiger charge is 2.37. The lowest BCUT2D eigenvalue weighted by Gasteiger charge is -2.45. The molecule has 0 radical (unpaired) electrons. The van der Waals surface area contributed by atoms with Gasteiger partial charge in [0, 0.05) is 18.6 Å². The second-order valence-electron chi connectivity index (χ2n) is 6.15. The molecule has 0 bridgehead atoms. The number of nitrogens with one attached hydrogen (secondary N) is 2. The first-order valence-corrected chi connectivity index (χ1v) is 7.57. The quantitative estimate of drug-likeness (QED) is 0.801. The number of piperidine rings is 1. The number of hydrogen-bond acceptors (Lipinski definition) is 3. The summed E-state index contributed by atoms with van der Waals surface area (Å²) in [5.74, 6) is 1.03. The molecule has 110 valence electrons. The smallest absolute Gasteiger partial charge is 0.234 e. The molecule has 3 aliphatic rings. The van der Waals surface area contributed by atoms with Crippen LogP contribution < -0.4 is 10.6 Å². The van der Waals surface area contributed by atoms with Gasteiger partial charge in [0.05, 0.1) is 6.54 Å². The molecule has 5 heteroatoms. The second-order valence-corrected chi connectivity index (χ2v) is 6.15. The molecule has 3 fully saturated rings. The maximum Gasteiger partial charge on any atom is 0.234 e. The van der Waals surface area contributed by atoms with Crippen molar-refractivity contribution in [2.45, 2.75) is 50.6 Å². The van der Waals surface area contributed by atoms with Gasteiger partial charge >= 0.3 is 0 Å². The highest BCUT2D eigenvalue weighted by Crippen LogP contribution is 2.27. The van der Waals surface area contributed by atoms with E-state index >= 15 is 0 Å². The van der Waals surface area contributed by atoms with Crippen LogP contribution in [-0.4, -0.2) is 49.1 Å². The summed E-state index contributed by atoms with van der Waals surface area (Å²) in [5.41, 5.74) is 0. The number of halogens is 1. The van der Waals surface area contributed by atoms with Crippen molar-refractivity contribution in [3.8, 4) is 0 Å². The molecule has 4 nitrogen and oxygen atoms in total. The molecule has 0 aromatic rings. The van der Waals surface area contributed by atoms with Gasteiger partial charge in [0.1, 0.15) is 0 Å². The van der Waals surface area contributed by atoms with Gasteiger partial charge < -0.3 is 10.6 Å². The third-order valence-electron chi connectivity index (χ3n) is 4.84. The Morgan fingerprint density at radius 3 is 2.63 bits per heavy atom.